The van der Waals surface area contributed by atoms with E-state index in [1.54, 1.807) is 0 Å². The summed E-state index contributed by atoms with van der Waals surface area (Å²) in [5.74, 6) is 7.61. The lowest BCUT2D eigenvalue weighted by molar-refractivity contribution is 0.309. The van der Waals surface area contributed by atoms with Gasteiger partial charge in [-0.1, -0.05) is 31.4 Å². The second-order valence-electron chi connectivity index (χ2n) is 5.70. The molecular weight excluding hydrogens is 258 g/mol. The molecule has 0 atom stereocenters. The van der Waals surface area contributed by atoms with Crippen molar-refractivity contribution in [3.63, 3.8) is 0 Å². The summed E-state index contributed by atoms with van der Waals surface area (Å²) in [4.78, 5) is 0. The Morgan fingerprint density at radius 1 is 1.14 bits per heavy atom. The SMILES string of the molecule is CCCCOc1ccc([C@H]2CC[C@H](C#CC#N)CC2)cc1. The number of nitrogens with zero attached hydrogens (tertiary/aromatic N) is 1. The first-order chi connectivity index (χ1) is 10.3. The highest BCUT2D eigenvalue weighted by molar-refractivity contribution is 5.30. The average molecular weight is 281 g/mol. The van der Waals surface area contributed by atoms with E-state index in [0.29, 0.717) is 11.8 Å². The van der Waals surface area contributed by atoms with Gasteiger partial charge in [0.1, 0.15) is 5.75 Å². The Morgan fingerprint density at radius 3 is 2.48 bits per heavy atom. The van der Waals surface area contributed by atoms with E-state index < -0.39 is 0 Å². The predicted molar refractivity (Wildman–Crippen MR) is 84.9 cm³/mol. The van der Waals surface area contributed by atoms with Crippen LogP contribution >= 0.6 is 0 Å². The van der Waals surface area contributed by atoms with Gasteiger partial charge in [0.15, 0.2) is 6.07 Å². The zero-order chi connectivity index (χ0) is 14.9. The number of unbranched alkanes of at least 4 members (excludes halogenated alkanes) is 1. The van der Waals surface area contributed by atoms with Crippen molar-refractivity contribution in [2.45, 2.75) is 51.4 Å². The van der Waals surface area contributed by atoms with E-state index in [-0.39, 0.29) is 0 Å². The molecular formula is C19H23NO. The molecule has 2 heteroatoms. The Bertz CT molecular complexity index is 521. The van der Waals surface area contributed by atoms with E-state index in [0.717, 1.165) is 38.0 Å². The van der Waals surface area contributed by atoms with Crippen LogP contribution in [-0.4, -0.2) is 6.61 Å². The molecule has 1 aromatic rings. The molecule has 1 aromatic carbocycles. The summed E-state index contributed by atoms with van der Waals surface area (Å²) < 4.78 is 5.70. The minimum Gasteiger partial charge on any atom is -0.494 e. The van der Waals surface area contributed by atoms with E-state index in [1.165, 1.54) is 18.4 Å². The van der Waals surface area contributed by atoms with Gasteiger partial charge in [0, 0.05) is 11.8 Å². The van der Waals surface area contributed by atoms with Crippen LogP contribution in [0.4, 0.5) is 0 Å². The van der Waals surface area contributed by atoms with Gasteiger partial charge in [0.05, 0.1) is 6.61 Å². The van der Waals surface area contributed by atoms with E-state index in [4.69, 9.17) is 10.00 Å². The monoisotopic (exact) mass is 281 g/mol. The fourth-order valence-electron chi connectivity index (χ4n) is 2.88. The molecule has 1 aliphatic carbocycles. The number of hydrogen-bond acceptors (Lipinski definition) is 2. The average Bonchev–Trinajstić information content (AvgIpc) is 2.54. The number of hydrogen-bond donors (Lipinski definition) is 0. The van der Waals surface area contributed by atoms with Crippen molar-refractivity contribution in [3.8, 4) is 23.7 Å². The first-order valence-electron chi connectivity index (χ1n) is 7.96. The molecule has 0 aromatic heterocycles. The van der Waals surface area contributed by atoms with Crippen LogP contribution in [0.15, 0.2) is 24.3 Å². The summed E-state index contributed by atoms with van der Waals surface area (Å²) in [6.45, 7) is 2.97. The highest BCUT2D eigenvalue weighted by atomic mass is 16.5. The molecule has 0 heterocycles. The van der Waals surface area contributed by atoms with Crippen LogP contribution in [0, 0.1) is 29.1 Å². The maximum Gasteiger partial charge on any atom is 0.152 e. The van der Waals surface area contributed by atoms with Gasteiger partial charge < -0.3 is 4.74 Å². The van der Waals surface area contributed by atoms with Crippen molar-refractivity contribution < 1.29 is 4.74 Å². The quantitative estimate of drug-likeness (QED) is 0.580. The van der Waals surface area contributed by atoms with Gasteiger partial charge >= 0.3 is 0 Å². The second-order valence-corrected chi connectivity index (χ2v) is 5.70. The van der Waals surface area contributed by atoms with E-state index in [1.807, 2.05) is 6.07 Å². The zero-order valence-corrected chi connectivity index (χ0v) is 12.8. The molecule has 0 N–H and O–H groups in total. The smallest absolute Gasteiger partial charge is 0.152 e. The van der Waals surface area contributed by atoms with Crippen LogP contribution in [0.5, 0.6) is 5.75 Å². The molecule has 1 aliphatic rings. The number of benzene rings is 1. The van der Waals surface area contributed by atoms with E-state index in [9.17, 15) is 0 Å². The van der Waals surface area contributed by atoms with Crippen molar-refractivity contribution in [1.29, 1.82) is 5.26 Å². The van der Waals surface area contributed by atoms with E-state index in [2.05, 4.69) is 43.0 Å². The van der Waals surface area contributed by atoms with Crippen molar-refractivity contribution in [2.24, 2.45) is 5.92 Å². The van der Waals surface area contributed by atoms with Crippen LogP contribution in [0.1, 0.15) is 56.9 Å². The molecule has 0 saturated heterocycles. The van der Waals surface area contributed by atoms with Gasteiger partial charge in [-0.2, -0.15) is 5.26 Å². The summed E-state index contributed by atoms with van der Waals surface area (Å²) in [6, 6.07) is 10.5. The normalized spacial score (nSPS) is 21.0. The second kappa shape index (κ2) is 8.38. The number of nitriles is 1. The lowest BCUT2D eigenvalue weighted by Gasteiger charge is -2.26. The summed E-state index contributed by atoms with van der Waals surface area (Å²) >= 11 is 0. The Hall–Kier alpha value is -1.93. The van der Waals surface area contributed by atoms with Gasteiger partial charge in [-0.25, -0.2) is 0 Å². The third-order valence-corrected chi connectivity index (χ3v) is 4.18. The zero-order valence-electron chi connectivity index (χ0n) is 12.8. The van der Waals surface area contributed by atoms with Crippen LogP contribution in [0.3, 0.4) is 0 Å². The molecule has 0 unspecified atom stereocenters. The maximum absolute atomic E-state index is 8.49. The molecule has 2 nitrogen and oxygen atoms in total. The third kappa shape index (κ3) is 4.83. The molecule has 1 fully saturated rings. The van der Waals surface area contributed by atoms with Crippen LogP contribution < -0.4 is 4.74 Å². The topological polar surface area (TPSA) is 33.0 Å². The molecule has 0 amide bonds. The summed E-state index contributed by atoms with van der Waals surface area (Å²) in [6.07, 6.45) is 6.81. The van der Waals surface area contributed by atoms with Gasteiger partial charge in [-0.3, -0.25) is 0 Å². The Morgan fingerprint density at radius 2 is 1.86 bits per heavy atom. The van der Waals surface area contributed by atoms with Gasteiger partial charge in [0.2, 0.25) is 0 Å². The molecule has 0 bridgehead atoms. The molecule has 21 heavy (non-hydrogen) atoms. The van der Waals surface area contributed by atoms with Crippen LogP contribution in [-0.2, 0) is 0 Å². The first kappa shape index (κ1) is 15.5. The maximum atomic E-state index is 8.49. The summed E-state index contributed by atoms with van der Waals surface area (Å²) in [5.41, 5.74) is 1.41. The Balaban J connectivity index is 1.85. The van der Waals surface area contributed by atoms with Crippen molar-refractivity contribution in [3.05, 3.63) is 29.8 Å². The predicted octanol–water partition coefficient (Wildman–Crippen LogP) is 4.67. The first-order valence-corrected chi connectivity index (χ1v) is 7.96. The molecule has 0 radical (unpaired) electrons. The highest BCUT2D eigenvalue weighted by Crippen LogP contribution is 2.35. The highest BCUT2D eigenvalue weighted by Gasteiger charge is 2.21. The van der Waals surface area contributed by atoms with Gasteiger partial charge in [-0.15, -0.1) is 0 Å². The number of ether oxygens (including phenoxy) is 1. The minimum atomic E-state index is 0.414. The van der Waals surface area contributed by atoms with E-state index >= 15 is 0 Å². The summed E-state index contributed by atoms with van der Waals surface area (Å²) in [7, 11) is 0. The lowest BCUT2D eigenvalue weighted by Crippen LogP contribution is -2.12. The van der Waals surface area contributed by atoms with Gasteiger partial charge in [-0.05, 0) is 55.7 Å². The number of rotatable bonds is 5. The lowest BCUT2D eigenvalue weighted by atomic mass is 9.79. The van der Waals surface area contributed by atoms with Crippen LogP contribution in [0.25, 0.3) is 0 Å². The van der Waals surface area contributed by atoms with Crippen LogP contribution in [0.2, 0.25) is 0 Å². The van der Waals surface area contributed by atoms with Crippen molar-refractivity contribution >= 4 is 0 Å². The minimum absolute atomic E-state index is 0.414. The third-order valence-electron chi connectivity index (χ3n) is 4.18. The molecule has 110 valence electrons. The van der Waals surface area contributed by atoms with Crippen molar-refractivity contribution in [1.82, 2.24) is 0 Å². The summed E-state index contributed by atoms with van der Waals surface area (Å²) in [5, 5.41) is 8.49. The molecule has 0 aliphatic heterocycles. The van der Waals surface area contributed by atoms with Gasteiger partial charge in [0.25, 0.3) is 0 Å². The largest absolute Gasteiger partial charge is 0.494 e. The Labute approximate surface area is 128 Å². The van der Waals surface area contributed by atoms with Crippen molar-refractivity contribution in [2.75, 3.05) is 6.61 Å². The fourth-order valence-corrected chi connectivity index (χ4v) is 2.88. The Kier molecular flexibility index (Phi) is 6.17. The standard InChI is InChI=1S/C19H23NO/c1-2-3-15-21-19-12-10-18(11-13-19)17-8-6-16(7-9-17)5-4-14-20/h10-13,16-17H,2-3,6-9,15H2,1H3/t16-,17-. The molecule has 0 spiro atoms. The molecule has 1 saturated carbocycles. The fraction of sp³-hybridized carbons (Fsp3) is 0.526. The molecule has 2 rings (SSSR count).